The molecule has 38 heavy (non-hydrogen) atoms. The topological polar surface area (TPSA) is 96.2 Å². The van der Waals surface area contributed by atoms with Crippen LogP contribution in [-0.4, -0.2) is 72.3 Å². The predicted molar refractivity (Wildman–Crippen MR) is 142 cm³/mol. The van der Waals surface area contributed by atoms with Crippen LogP contribution in [0.25, 0.3) is 5.41 Å². The summed E-state index contributed by atoms with van der Waals surface area (Å²) < 4.78 is 33.1. The number of fused-ring (bicyclic) bond motifs is 1. The molecule has 0 radical (unpaired) electrons. The molecule has 0 unspecified atom stereocenters. The molecule has 3 aliphatic heterocycles. The third kappa shape index (κ3) is 7.01. The summed E-state index contributed by atoms with van der Waals surface area (Å²) >= 11 is 0. The molecule has 8 nitrogen and oxygen atoms in total. The van der Waals surface area contributed by atoms with Crippen LogP contribution in [0.1, 0.15) is 57.6 Å². The van der Waals surface area contributed by atoms with Crippen LogP contribution < -0.4 is 15.4 Å². The third-order valence-corrected chi connectivity index (χ3v) is 8.18. The van der Waals surface area contributed by atoms with Crippen LogP contribution in [-0.2, 0) is 17.8 Å². The number of carbonyl (C=O) groups is 2. The normalized spacial score (nSPS) is 22.2. The first-order valence-electron chi connectivity index (χ1n) is 13.8. The average Bonchev–Trinajstić information content (AvgIpc) is 3.27. The zero-order chi connectivity index (χ0) is 27.4. The number of benzene rings is 1. The number of piperidine rings is 1. The highest BCUT2D eigenvalue weighted by Crippen LogP contribution is 2.30. The molecule has 0 saturated carbocycles. The number of urea groups is 1. The standard InChI is InChI=1S/C28H40F2N5O3/c1-18(2)25(31)33-27(37)34-10-6-20(7-11-34)19(3)8-13-38-23-5-4-21-15-24(32-16-22(21)14-23)26(36)35-12-9-28(29,30)17-35/h4-5,14,18-20,24,32H,6-13,15-17H2,1-3H3,(H-,31,33,37)/q-1/t19-,24+/m1/s1. The van der Waals surface area contributed by atoms with E-state index in [2.05, 4.69) is 17.6 Å². The van der Waals surface area contributed by atoms with E-state index in [1.165, 1.54) is 4.90 Å². The summed E-state index contributed by atoms with van der Waals surface area (Å²) in [7, 11) is 0. The molecule has 0 bridgehead atoms. The lowest BCUT2D eigenvalue weighted by molar-refractivity contribution is -0.134. The number of rotatable bonds is 7. The van der Waals surface area contributed by atoms with E-state index in [-0.39, 0.29) is 36.7 Å². The molecule has 4 rings (SSSR count). The zero-order valence-electron chi connectivity index (χ0n) is 22.6. The summed E-state index contributed by atoms with van der Waals surface area (Å²) in [5.41, 5.74) is 2.11. The van der Waals surface area contributed by atoms with Gasteiger partial charge in [-0.15, -0.1) is 0 Å². The van der Waals surface area contributed by atoms with E-state index in [0.717, 1.165) is 36.1 Å². The Hall–Kier alpha value is -2.75. The molecule has 1 aromatic rings. The van der Waals surface area contributed by atoms with Gasteiger partial charge in [-0.2, -0.15) is 0 Å². The van der Waals surface area contributed by atoms with Crippen molar-refractivity contribution in [3.8, 4) is 5.75 Å². The second-order valence-corrected chi connectivity index (χ2v) is 11.3. The van der Waals surface area contributed by atoms with Gasteiger partial charge in [0.05, 0.1) is 19.2 Å². The van der Waals surface area contributed by atoms with Gasteiger partial charge in [-0.3, -0.25) is 9.59 Å². The molecule has 3 amide bonds. The lowest BCUT2D eigenvalue weighted by Crippen LogP contribution is -2.49. The van der Waals surface area contributed by atoms with Crippen LogP contribution in [0.2, 0.25) is 0 Å². The van der Waals surface area contributed by atoms with Crippen LogP contribution in [0.3, 0.4) is 0 Å². The van der Waals surface area contributed by atoms with E-state index in [0.29, 0.717) is 44.5 Å². The van der Waals surface area contributed by atoms with E-state index in [1.807, 2.05) is 32.0 Å². The number of alkyl halides is 2. The highest BCUT2D eigenvalue weighted by Gasteiger charge is 2.42. The summed E-state index contributed by atoms with van der Waals surface area (Å²) in [4.78, 5) is 28.0. The molecule has 3 heterocycles. The minimum Gasteiger partial charge on any atom is -0.494 e. The Morgan fingerprint density at radius 1 is 1.16 bits per heavy atom. The first-order chi connectivity index (χ1) is 18.0. The van der Waals surface area contributed by atoms with Crippen LogP contribution in [0.15, 0.2) is 18.2 Å². The van der Waals surface area contributed by atoms with Crippen molar-refractivity contribution in [1.82, 2.24) is 20.4 Å². The number of amidine groups is 1. The van der Waals surface area contributed by atoms with Crippen molar-refractivity contribution in [1.29, 1.82) is 0 Å². The number of hydrogen-bond donors (Lipinski definition) is 2. The van der Waals surface area contributed by atoms with Crippen molar-refractivity contribution in [2.45, 2.75) is 71.4 Å². The summed E-state index contributed by atoms with van der Waals surface area (Å²) in [5.74, 6) is -1.38. The fourth-order valence-corrected chi connectivity index (χ4v) is 5.50. The summed E-state index contributed by atoms with van der Waals surface area (Å²) in [6, 6.07) is 5.18. The summed E-state index contributed by atoms with van der Waals surface area (Å²) in [6.07, 6.45) is 2.98. The molecule has 10 heteroatoms. The number of likely N-dealkylation sites (tertiary alicyclic amines) is 2. The minimum atomic E-state index is -2.78. The van der Waals surface area contributed by atoms with Gasteiger partial charge in [0.15, 0.2) is 0 Å². The van der Waals surface area contributed by atoms with Crippen molar-refractivity contribution < 1.29 is 23.1 Å². The number of nitrogens with zero attached hydrogens (tertiary/aromatic N) is 3. The second-order valence-electron chi connectivity index (χ2n) is 11.3. The van der Waals surface area contributed by atoms with E-state index in [9.17, 15) is 23.8 Å². The molecule has 2 fully saturated rings. The first kappa shape index (κ1) is 28.3. The number of ether oxygens (including phenoxy) is 1. The Kier molecular flexibility index (Phi) is 8.90. The van der Waals surface area contributed by atoms with Crippen LogP contribution in [0.5, 0.6) is 5.75 Å². The van der Waals surface area contributed by atoms with Gasteiger partial charge in [0, 0.05) is 32.6 Å². The third-order valence-electron chi connectivity index (χ3n) is 8.18. The number of nitrogens with one attached hydrogen (secondary N) is 2. The Morgan fingerprint density at radius 3 is 2.55 bits per heavy atom. The predicted octanol–water partition coefficient (Wildman–Crippen LogP) is 4.02. The number of hydrogen-bond acceptors (Lipinski definition) is 4. The van der Waals surface area contributed by atoms with E-state index >= 15 is 0 Å². The molecular formula is C28H40F2N5O3-. The molecule has 0 aliphatic carbocycles. The monoisotopic (exact) mass is 532 g/mol. The Morgan fingerprint density at radius 2 is 1.89 bits per heavy atom. The largest absolute Gasteiger partial charge is 0.494 e. The van der Waals surface area contributed by atoms with Crippen molar-refractivity contribution in [3.63, 3.8) is 0 Å². The van der Waals surface area contributed by atoms with Crippen LogP contribution >= 0.6 is 0 Å². The molecular weight excluding hydrogens is 492 g/mol. The molecule has 2 N–H and O–H groups in total. The lowest BCUT2D eigenvalue weighted by atomic mass is 9.84. The fraction of sp³-hybridized carbons (Fsp3) is 0.679. The maximum atomic E-state index is 13.5. The van der Waals surface area contributed by atoms with Crippen LogP contribution in [0.4, 0.5) is 13.6 Å². The van der Waals surface area contributed by atoms with Gasteiger partial charge in [-0.05, 0) is 66.7 Å². The summed E-state index contributed by atoms with van der Waals surface area (Å²) in [6.45, 7) is 7.95. The van der Waals surface area contributed by atoms with Gasteiger partial charge in [0.1, 0.15) is 5.75 Å². The van der Waals surface area contributed by atoms with Gasteiger partial charge in [0.25, 0.3) is 5.92 Å². The van der Waals surface area contributed by atoms with Gasteiger partial charge in [-0.25, -0.2) is 8.78 Å². The van der Waals surface area contributed by atoms with Gasteiger partial charge < -0.3 is 30.6 Å². The number of halogens is 2. The molecule has 2 atom stereocenters. The van der Waals surface area contributed by atoms with Gasteiger partial charge in [-0.1, -0.05) is 32.7 Å². The molecule has 210 valence electrons. The first-order valence-corrected chi connectivity index (χ1v) is 13.8. The Bertz CT molecular complexity index is 1030. The molecule has 3 aliphatic rings. The molecule has 1 aromatic carbocycles. The van der Waals surface area contributed by atoms with E-state index in [1.54, 1.807) is 4.90 Å². The highest BCUT2D eigenvalue weighted by atomic mass is 19.3. The maximum absolute atomic E-state index is 13.5. The van der Waals surface area contributed by atoms with Crippen molar-refractivity contribution in [2.75, 3.05) is 32.8 Å². The lowest BCUT2D eigenvalue weighted by Gasteiger charge is -2.37. The van der Waals surface area contributed by atoms with Gasteiger partial charge >= 0.3 is 0 Å². The Balaban J connectivity index is 1.19. The van der Waals surface area contributed by atoms with Gasteiger partial charge in [0.2, 0.25) is 11.9 Å². The number of amides is 3. The zero-order valence-corrected chi connectivity index (χ0v) is 22.6. The molecule has 0 aromatic heterocycles. The fourth-order valence-electron chi connectivity index (χ4n) is 5.50. The van der Waals surface area contributed by atoms with E-state index in [4.69, 9.17) is 4.74 Å². The van der Waals surface area contributed by atoms with Crippen LogP contribution in [0, 0.1) is 17.8 Å². The van der Waals surface area contributed by atoms with E-state index < -0.39 is 18.5 Å². The van der Waals surface area contributed by atoms with Crippen molar-refractivity contribution in [3.05, 3.63) is 34.7 Å². The van der Waals surface area contributed by atoms with Crippen molar-refractivity contribution >= 4 is 17.8 Å². The summed E-state index contributed by atoms with van der Waals surface area (Å²) in [5, 5.41) is 15.6. The SMILES string of the molecule is CC(C)C(=[N-])NC(=O)N1CCC([C@H](C)CCOc2ccc3c(c2)CN[C@H](C(=O)N2CCC(F)(F)C2)C3)CC1. The molecule has 0 spiro atoms. The average molecular weight is 533 g/mol. The second kappa shape index (κ2) is 12.0. The molecule has 2 saturated heterocycles. The Labute approximate surface area is 224 Å². The highest BCUT2D eigenvalue weighted by molar-refractivity contribution is 6.00. The van der Waals surface area contributed by atoms with Crippen molar-refractivity contribution in [2.24, 2.45) is 17.8 Å². The maximum Gasteiger partial charge on any atom is 0.267 e. The minimum absolute atomic E-state index is 0.00309. The quantitative estimate of drug-likeness (QED) is 0.410. The smallest absolute Gasteiger partial charge is 0.267 e. The number of carbonyl (C=O) groups excluding carboxylic acids is 2.